The lowest BCUT2D eigenvalue weighted by molar-refractivity contribution is -0.138. The highest BCUT2D eigenvalue weighted by molar-refractivity contribution is 5.85. The van der Waals surface area contributed by atoms with Gasteiger partial charge in [-0.15, -0.1) is 0 Å². The Kier molecular flexibility index (Phi) is 9.02. The first-order valence-corrected chi connectivity index (χ1v) is 8.76. The van der Waals surface area contributed by atoms with E-state index in [0.717, 1.165) is 6.42 Å². The van der Waals surface area contributed by atoms with Crippen LogP contribution in [0.4, 0.5) is 0 Å². The molecule has 1 aliphatic heterocycles. The zero-order chi connectivity index (χ0) is 18.9. The molecule has 0 aromatic carbocycles. The molecule has 1 rings (SSSR count). The Labute approximate surface area is 149 Å². The van der Waals surface area contributed by atoms with E-state index < -0.39 is 5.97 Å². The number of carbonyl (C=O) groups is 3. The summed E-state index contributed by atoms with van der Waals surface area (Å²) in [5.74, 6) is -0.681. The van der Waals surface area contributed by atoms with E-state index in [-0.39, 0.29) is 24.5 Å². The average Bonchev–Trinajstić information content (AvgIpc) is 2.64. The number of ether oxygens (including phenoxy) is 1. The SMILES string of the molecule is CCC(C)(C)C(=O)CN1CCN(COC=O)CCN(CC(=O)O)CC1. The molecule has 0 atom stereocenters. The van der Waals surface area contributed by atoms with E-state index in [0.29, 0.717) is 52.3 Å². The van der Waals surface area contributed by atoms with Crippen molar-refractivity contribution in [3.8, 4) is 0 Å². The Morgan fingerprint density at radius 1 is 1.00 bits per heavy atom. The highest BCUT2D eigenvalue weighted by atomic mass is 16.5. The Morgan fingerprint density at radius 2 is 1.48 bits per heavy atom. The normalized spacial score (nSPS) is 18.8. The third-order valence-electron chi connectivity index (χ3n) is 4.89. The number of hydrogen-bond acceptors (Lipinski definition) is 7. The molecule has 0 spiro atoms. The molecule has 25 heavy (non-hydrogen) atoms. The third kappa shape index (κ3) is 7.94. The van der Waals surface area contributed by atoms with Crippen molar-refractivity contribution in [1.29, 1.82) is 0 Å². The smallest absolute Gasteiger partial charge is 0.317 e. The van der Waals surface area contributed by atoms with Gasteiger partial charge in [0, 0.05) is 44.7 Å². The van der Waals surface area contributed by atoms with E-state index in [1.807, 2.05) is 30.6 Å². The monoisotopic (exact) mass is 357 g/mol. The molecular formula is C17H31N3O5. The lowest BCUT2D eigenvalue weighted by Crippen LogP contribution is -2.43. The highest BCUT2D eigenvalue weighted by Gasteiger charge is 2.27. The van der Waals surface area contributed by atoms with Crippen molar-refractivity contribution in [2.45, 2.75) is 27.2 Å². The second-order valence-electron chi connectivity index (χ2n) is 7.12. The Hall–Kier alpha value is -1.51. The summed E-state index contributed by atoms with van der Waals surface area (Å²) < 4.78 is 4.84. The number of carboxylic acids is 1. The molecule has 1 N–H and O–H groups in total. The molecule has 8 heteroatoms. The zero-order valence-electron chi connectivity index (χ0n) is 15.6. The Balaban J connectivity index is 2.75. The predicted molar refractivity (Wildman–Crippen MR) is 93.2 cm³/mol. The van der Waals surface area contributed by atoms with Crippen molar-refractivity contribution in [1.82, 2.24) is 14.7 Å². The minimum atomic E-state index is -0.871. The van der Waals surface area contributed by atoms with E-state index in [1.54, 1.807) is 0 Å². The van der Waals surface area contributed by atoms with Crippen LogP contribution in [-0.4, -0.2) is 97.1 Å². The molecule has 0 aromatic rings. The van der Waals surface area contributed by atoms with Gasteiger partial charge in [0.2, 0.25) is 0 Å². The van der Waals surface area contributed by atoms with Gasteiger partial charge in [-0.1, -0.05) is 20.8 Å². The van der Waals surface area contributed by atoms with Crippen LogP contribution in [-0.2, 0) is 19.1 Å². The number of carboxylic acid groups (broad SMARTS) is 1. The Morgan fingerprint density at radius 3 is 1.92 bits per heavy atom. The first kappa shape index (κ1) is 21.5. The maximum Gasteiger partial charge on any atom is 0.317 e. The fourth-order valence-electron chi connectivity index (χ4n) is 2.57. The van der Waals surface area contributed by atoms with Crippen LogP contribution in [0.2, 0.25) is 0 Å². The van der Waals surface area contributed by atoms with Crippen LogP contribution < -0.4 is 0 Å². The van der Waals surface area contributed by atoms with E-state index >= 15 is 0 Å². The van der Waals surface area contributed by atoms with Gasteiger partial charge in [-0.3, -0.25) is 29.1 Å². The van der Waals surface area contributed by atoms with Crippen LogP contribution >= 0.6 is 0 Å². The lowest BCUT2D eigenvalue weighted by Gasteiger charge is -2.28. The average molecular weight is 357 g/mol. The van der Waals surface area contributed by atoms with Crippen LogP contribution in [0.15, 0.2) is 0 Å². The van der Waals surface area contributed by atoms with Crippen molar-refractivity contribution < 1.29 is 24.2 Å². The molecule has 0 aromatic heterocycles. The summed E-state index contributed by atoms with van der Waals surface area (Å²) in [6.45, 7) is 10.6. The largest absolute Gasteiger partial charge is 0.480 e. The van der Waals surface area contributed by atoms with Gasteiger partial charge in [0.1, 0.15) is 6.73 Å². The minimum Gasteiger partial charge on any atom is -0.480 e. The molecule has 144 valence electrons. The maximum atomic E-state index is 12.5. The van der Waals surface area contributed by atoms with Crippen LogP contribution in [0, 0.1) is 5.41 Å². The van der Waals surface area contributed by atoms with Gasteiger partial charge in [0.25, 0.3) is 6.47 Å². The third-order valence-corrected chi connectivity index (χ3v) is 4.89. The molecule has 0 saturated carbocycles. The number of carbonyl (C=O) groups excluding carboxylic acids is 2. The molecule has 1 fully saturated rings. The number of aliphatic carboxylic acids is 1. The van der Waals surface area contributed by atoms with E-state index in [4.69, 9.17) is 9.84 Å². The first-order chi connectivity index (χ1) is 11.8. The van der Waals surface area contributed by atoms with Crippen LogP contribution in [0.1, 0.15) is 27.2 Å². The fourth-order valence-corrected chi connectivity index (χ4v) is 2.57. The number of nitrogens with zero attached hydrogens (tertiary/aromatic N) is 3. The van der Waals surface area contributed by atoms with Crippen molar-refractivity contribution in [2.24, 2.45) is 5.41 Å². The summed E-state index contributed by atoms with van der Waals surface area (Å²) in [5, 5.41) is 9.06. The highest BCUT2D eigenvalue weighted by Crippen LogP contribution is 2.21. The van der Waals surface area contributed by atoms with E-state index in [1.165, 1.54) is 0 Å². The summed E-state index contributed by atoms with van der Waals surface area (Å²) >= 11 is 0. The van der Waals surface area contributed by atoms with Crippen LogP contribution in [0.5, 0.6) is 0 Å². The second-order valence-corrected chi connectivity index (χ2v) is 7.12. The zero-order valence-corrected chi connectivity index (χ0v) is 15.6. The van der Waals surface area contributed by atoms with Gasteiger partial charge in [0.05, 0.1) is 13.1 Å². The quantitative estimate of drug-likeness (QED) is 0.582. The molecule has 1 saturated heterocycles. The first-order valence-electron chi connectivity index (χ1n) is 8.76. The summed E-state index contributed by atoms with van der Waals surface area (Å²) in [5.41, 5.74) is -0.362. The molecule has 0 aliphatic carbocycles. The molecule has 0 radical (unpaired) electrons. The van der Waals surface area contributed by atoms with Gasteiger partial charge in [-0.25, -0.2) is 0 Å². The van der Waals surface area contributed by atoms with E-state index in [9.17, 15) is 14.4 Å². The predicted octanol–water partition coefficient (Wildman–Crippen LogP) is 0.126. The summed E-state index contributed by atoms with van der Waals surface area (Å²) in [4.78, 5) is 39.9. The molecular weight excluding hydrogens is 326 g/mol. The standard InChI is InChI=1S/C17H31N3O5/c1-4-17(2,3)15(22)11-18-5-6-19(12-16(23)24)8-10-20(9-7-18)13-25-14-21/h14H,4-13H2,1-3H3,(H,23,24). The number of rotatable bonds is 9. The molecule has 0 unspecified atom stereocenters. The van der Waals surface area contributed by atoms with Gasteiger partial charge >= 0.3 is 5.97 Å². The van der Waals surface area contributed by atoms with Crippen LogP contribution in [0.3, 0.4) is 0 Å². The fraction of sp³-hybridized carbons (Fsp3) is 0.824. The minimum absolute atomic E-state index is 0.0371. The molecule has 1 heterocycles. The van der Waals surface area contributed by atoms with Gasteiger partial charge in [-0.05, 0) is 6.42 Å². The summed E-state index contributed by atoms with van der Waals surface area (Å²) in [6, 6.07) is 0. The molecule has 1 aliphatic rings. The Bertz CT molecular complexity index is 456. The van der Waals surface area contributed by atoms with Crippen LogP contribution in [0.25, 0.3) is 0 Å². The maximum absolute atomic E-state index is 12.5. The summed E-state index contributed by atoms with van der Waals surface area (Å²) in [6.07, 6.45) is 0.782. The van der Waals surface area contributed by atoms with E-state index in [2.05, 4.69) is 4.90 Å². The van der Waals surface area contributed by atoms with Crippen molar-refractivity contribution in [2.75, 3.05) is 59.1 Å². The molecule has 8 nitrogen and oxygen atoms in total. The number of Topliss-reactive ketones (excluding diaryl/α,β-unsaturated/α-hetero) is 1. The molecule has 0 amide bonds. The second kappa shape index (κ2) is 10.5. The van der Waals surface area contributed by atoms with Crippen molar-refractivity contribution >= 4 is 18.2 Å². The van der Waals surface area contributed by atoms with Gasteiger partial charge < -0.3 is 9.84 Å². The number of ketones is 1. The van der Waals surface area contributed by atoms with Gasteiger partial charge in [0.15, 0.2) is 5.78 Å². The van der Waals surface area contributed by atoms with Crippen molar-refractivity contribution in [3.63, 3.8) is 0 Å². The van der Waals surface area contributed by atoms with Crippen molar-refractivity contribution in [3.05, 3.63) is 0 Å². The number of hydrogen-bond donors (Lipinski definition) is 1. The molecule has 0 bridgehead atoms. The lowest BCUT2D eigenvalue weighted by atomic mass is 9.85. The summed E-state index contributed by atoms with van der Waals surface area (Å²) in [7, 11) is 0. The van der Waals surface area contributed by atoms with Gasteiger partial charge in [-0.2, -0.15) is 0 Å². The topological polar surface area (TPSA) is 90.4 Å².